The van der Waals surface area contributed by atoms with Crippen molar-refractivity contribution < 1.29 is 9.18 Å². The molecule has 1 amide bonds. The van der Waals surface area contributed by atoms with Crippen LogP contribution in [0.15, 0.2) is 66.9 Å². The molecule has 6 nitrogen and oxygen atoms in total. The van der Waals surface area contributed by atoms with E-state index >= 15 is 0 Å². The fraction of sp³-hybridized carbons (Fsp3) is 0.0952. The first kappa shape index (κ1) is 17.7. The standard InChI is InChI=1S/C21H18FN5O/c22-16-6-2-4-8-18(16)25-20-10-9-19(26-27-20)21(28)23-12-11-14-13-24-17-7-3-1-5-15(14)17/h1-10,13,24H,11-12H2,(H,23,28)(H,25,27). The number of fused-ring (bicyclic) bond motifs is 1. The second-order valence-corrected chi connectivity index (χ2v) is 6.27. The van der Waals surface area contributed by atoms with Crippen LogP contribution >= 0.6 is 0 Å². The number of aromatic nitrogens is 3. The van der Waals surface area contributed by atoms with E-state index in [9.17, 15) is 9.18 Å². The summed E-state index contributed by atoms with van der Waals surface area (Å²) in [6, 6.07) is 17.5. The minimum Gasteiger partial charge on any atom is -0.361 e. The van der Waals surface area contributed by atoms with Gasteiger partial charge in [-0.2, -0.15) is 0 Å². The molecule has 0 saturated carbocycles. The molecule has 0 bridgehead atoms. The number of nitrogens with one attached hydrogen (secondary N) is 3. The summed E-state index contributed by atoms with van der Waals surface area (Å²) in [5.74, 6) is -0.325. The molecule has 2 aromatic carbocycles. The van der Waals surface area contributed by atoms with Gasteiger partial charge in [-0.3, -0.25) is 4.79 Å². The molecular formula is C21H18FN5O. The zero-order valence-corrected chi connectivity index (χ0v) is 14.9. The fourth-order valence-electron chi connectivity index (χ4n) is 2.96. The maximum atomic E-state index is 13.7. The van der Waals surface area contributed by atoms with Crippen LogP contribution in [0.1, 0.15) is 16.1 Å². The molecule has 0 saturated heterocycles. The van der Waals surface area contributed by atoms with Crippen molar-refractivity contribution in [2.45, 2.75) is 6.42 Å². The first-order chi connectivity index (χ1) is 13.7. The van der Waals surface area contributed by atoms with Crippen LogP contribution in [-0.4, -0.2) is 27.6 Å². The normalized spacial score (nSPS) is 10.8. The number of carbonyl (C=O) groups is 1. The smallest absolute Gasteiger partial charge is 0.271 e. The second kappa shape index (κ2) is 7.87. The average molecular weight is 375 g/mol. The number of amides is 1. The van der Waals surface area contributed by atoms with E-state index in [4.69, 9.17) is 0 Å². The van der Waals surface area contributed by atoms with Crippen molar-refractivity contribution in [2.75, 3.05) is 11.9 Å². The second-order valence-electron chi connectivity index (χ2n) is 6.27. The van der Waals surface area contributed by atoms with Crippen LogP contribution in [0, 0.1) is 5.82 Å². The summed E-state index contributed by atoms with van der Waals surface area (Å²) in [7, 11) is 0. The van der Waals surface area contributed by atoms with Crippen molar-refractivity contribution >= 4 is 28.3 Å². The van der Waals surface area contributed by atoms with Crippen LogP contribution in [0.25, 0.3) is 10.9 Å². The van der Waals surface area contributed by atoms with E-state index in [2.05, 4.69) is 31.9 Å². The lowest BCUT2D eigenvalue weighted by atomic mass is 10.1. The highest BCUT2D eigenvalue weighted by molar-refractivity contribution is 5.92. The molecular weight excluding hydrogens is 357 g/mol. The molecule has 2 aromatic heterocycles. The van der Waals surface area contributed by atoms with Gasteiger partial charge in [0, 0.05) is 23.6 Å². The van der Waals surface area contributed by atoms with Gasteiger partial charge in [-0.25, -0.2) is 4.39 Å². The molecule has 2 heterocycles. The molecule has 0 fully saturated rings. The Hall–Kier alpha value is -3.74. The average Bonchev–Trinajstić information content (AvgIpc) is 3.13. The molecule has 4 rings (SSSR count). The van der Waals surface area contributed by atoms with E-state index in [0.29, 0.717) is 24.5 Å². The van der Waals surface area contributed by atoms with Crippen molar-refractivity contribution in [3.63, 3.8) is 0 Å². The van der Waals surface area contributed by atoms with Crippen LogP contribution in [-0.2, 0) is 6.42 Å². The molecule has 140 valence electrons. The maximum absolute atomic E-state index is 13.7. The molecule has 0 unspecified atom stereocenters. The minimum atomic E-state index is -0.386. The number of nitrogens with zero attached hydrogens (tertiary/aromatic N) is 2. The van der Waals surface area contributed by atoms with Gasteiger partial charge in [-0.15, -0.1) is 10.2 Å². The molecule has 0 spiro atoms. The highest BCUT2D eigenvalue weighted by Gasteiger charge is 2.10. The largest absolute Gasteiger partial charge is 0.361 e. The van der Waals surface area contributed by atoms with Crippen molar-refractivity contribution in [1.29, 1.82) is 0 Å². The summed E-state index contributed by atoms with van der Waals surface area (Å²) in [6.07, 6.45) is 2.66. The Morgan fingerprint density at radius 3 is 2.64 bits per heavy atom. The van der Waals surface area contributed by atoms with Gasteiger partial charge in [0.1, 0.15) is 5.82 Å². The van der Waals surface area contributed by atoms with Crippen molar-refractivity contribution in [1.82, 2.24) is 20.5 Å². The van der Waals surface area contributed by atoms with Gasteiger partial charge in [0.25, 0.3) is 5.91 Å². The lowest BCUT2D eigenvalue weighted by Gasteiger charge is -2.07. The molecule has 28 heavy (non-hydrogen) atoms. The van der Waals surface area contributed by atoms with Crippen molar-refractivity contribution in [2.24, 2.45) is 0 Å². The van der Waals surface area contributed by atoms with Gasteiger partial charge >= 0.3 is 0 Å². The quantitative estimate of drug-likeness (QED) is 0.479. The zero-order chi connectivity index (χ0) is 19.3. The van der Waals surface area contributed by atoms with Crippen molar-refractivity contribution in [3.8, 4) is 0 Å². The van der Waals surface area contributed by atoms with E-state index in [0.717, 1.165) is 16.5 Å². The third-order valence-electron chi connectivity index (χ3n) is 4.39. The van der Waals surface area contributed by atoms with Gasteiger partial charge < -0.3 is 15.6 Å². The predicted octanol–water partition coefficient (Wildman–Crippen LogP) is 3.81. The Kier molecular flexibility index (Phi) is 4.97. The SMILES string of the molecule is O=C(NCCc1c[nH]c2ccccc12)c1ccc(Nc2ccccc2F)nn1. The third kappa shape index (κ3) is 3.83. The van der Waals surface area contributed by atoms with Crippen LogP contribution in [0.4, 0.5) is 15.9 Å². The van der Waals surface area contributed by atoms with E-state index in [1.54, 1.807) is 30.3 Å². The lowest BCUT2D eigenvalue weighted by molar-refractivity contribution is 0.0948. The highest BCUT2D eigenvalue weighted by atomic mass is 19.1. The number of halogens is 1. The first-order valence-electron chi connectivity index (χ1n) is 8.89. The van der Waals surface area contributed by atoms with Gasteiger partial charge in [0.05, 0.1) is 5.69 Å². The molecule has 0 aliphatic heterocycles. The molecule has 7 heteroatoms. The van der Waals surface area contributed by atoms with Crippen LogP contribution in [0.3, 0.4) is 0 Å². The minimum absolute atomic E-state index is 0.206. The number of carbonyl (C=O) groups excluding carboxylic acids is 1. The van der Waals surface area contributed by atoms with E-state index in [1.165, 1.54) is 6.07 Å². The van der Waals surface area contributed by atoms with E-state index in [1.807, 2.05) is 24.4 Å². The number of para-hydroxylation sites is 2. The molecule has 0 aliphatic rings. The number of aromatic amines is 1. The lowest BCUT2D eigenvalue weighted by Crippen LogP contribution is -2.26. The predicted molar refractivity (Wildman–Crippen MR) is 106 cm³/mol. The van der Waals surface area contributed by atoms with Crippen molar-refractivity contribution in [3.05, 3.63) is 83.9 Å². The summed E-state index contributed by atoms with van der Waals surface area (Å²) in [5, 5.41) is 14.7. The highest BCUT2D eigenvalue weighted by Crippen LogP contribution is 2.18. The van der Waals surface area contributed by atoms with Gasteiger partial charge in [-0.1, -0.05) is 30.3 Å². The fourth-order valence-corrected chi connectivity index (χ4v) is 2.96. The Morgan fingerprint density at radius 1 is 1.00 bits per heavy atom. The first-order valence-corrected chi connectivity index (χ1v) is 8.89. The molecule has 0 aliphatic carbocycles. The maximum Gasteiger partial charge on any atom is 0.271 e. The topological polar surface area (TPSA) is 82.7 Å². The number of hydrogen-bond acceptors (Lipinski definition) is 4. The Labute approximate surface area is 160 Å². The molecule has 0 atom stereocenters. The summed E-state index contributed by atoms with van der Waals surface area (Å²) < 4.78 is 13.7. The number of benzene rings is 2. The number of rotatable bonds is 6. The van der Waals surface area contributed by atoms with E-state index < -0.39 is 0 Å². The zero-order valence-electron chi connectivity index (χ0n) is 14.9. The summed E-state index contributed by atoms with van der Waals surface area (Å²) in [6.45, 7) is 0.484. The molecule has 3 N–H and O–H groups in total. The number of H-pyrrole nitrogens is 1. The number of hydrogen-bond donors (Lipinski definition) is 3. The Balaban J connectivity index is 1.34. The molecule has 4 aromatic rings. The van der Waals surface area contributed by atoms with Gasteiger partial charge in [-0.05, 0) is 42.3 Å². The number of anilines is 2. The van der Waals surface area contributed by atoms with Gasteiger partial charge in [0.2, 0.25) is 0 Å². The Bertz CT molecular complexity index is 1110. The van der Waals surface area contributed by atoms with Crippen LogP contribution in [0.5, 0.6) is 0 Å². The summed E-state index contributed by atoms with van der Waals surface area (Å²) in [5.41, 5.74) is 2.73. The van der Waals surface area contributed by atoms with Crippen LogP contribution in [0.2, 0.25) is 0 Å². The van der Waals surface area contributed by atoms with Crippen LogP contribution < -0.4 is 10.6 Å². The summed E-state index contributed by atoms with van der Waals surface area (Å²) >= 11 is 0. The monoisotopic (exact) mass is 375 g/mol. The van der Waals surface area contributed by atoms with E-state index in [-0.39, 0.29) is 17.4 Å². The third-order valence-corrected chi connectivity index (χ3v) is 4.39. The molecule has 0 radical (unpaired) electrons. The van der Waals surface area contributed by atoms with Gasteiger partial charge in [0.15, 0.2) is 11.5 Å². The summed E-state index contributed by atoms with van der Waals surface area (Å²) in [4.78, 5) is 15.5. The Morgan fingerprint density at radius 2 is 1.82 bits per heavy atom.